The van der Waals surface area contributed by atoms with Crippen LogP contribution in [0.4, 0.5) is 0 Å². The molecule has 0 amide bonds. The Morgan fingerprint density at radius 3 is 1.25 bits per heavy atom. The van der Waals surface area contributed by atoms with Crippen molar-refractivity contribution in [1.29, 1.82) is 0 Å². The normalized spacial score (nSPS) is 11.6. The third-order valence-electron chi connectivity index (χ3n) is 4.25. The lowest BCUT2D eigenvalue weighted by molar-refractivity contribution is 0.609. The Morgan fingerprint density at radius 2 is 0.969 bits per heavy atom. The minimum absolute atomic E-state index is 0.186. The van der Waals surface area contributed by atoms with Crippen molar-refractivity contribution in [3.63, 3.8) is 0 Å². The molecular formula is C22H18Cl2O4S4. The Bertz CT molecular complexity index is 1340. The van der Waals surface area contributed by atoms with Crippen LogP contribution in [0.2, 0.25) is 0 Å². The summed E-state index contributed by atoms with van der Waals surface area (Å²) in [5, 5.41) is 0. The van der Waals surface area contributed by atoms with Crippen molar-refractivity contribution in [1.82, 2.24) is 0 Å². The van der Waals surface area contributed by atoms with Gasteiger partial charge in [-0.3, -0.25) is 0 Å². The molecule has 4 aromatic rings. The van der Waals surface area contributed by atoms with Crippen LogP contribution in [0.5, 0.6) is 0 Å². The van der Waals surface area contributed by atoms with Crippen molar-refractivity contribution in [2.24, 2.45) is 0 Å². The molecule has 0 aliphatic carbocycles. The topological polar surface area (TPSA) is 68.3 Å². The van der Waals surface area contributed by atoms with Gasteiger partial charge < -0.3 is 0 Å². The fourth-order valence-electron chi connectivity index (χ4n) is 2.81. The van der Waals surface area contributed by atoms with Crippen LogP contribution in [-0.2, 0) is 18.1 Å². The van der Waals surface area contributed by atoms with Crippen LogP contribution in [0.1, 0.15) is 11.1 Å². The molecule has 10 heteroatoms. The molecule has 0 bridgehead atoms. The average molecular weight is 546 g/mol. The van der Waals surface area contributed by atoms with Gasteiger partial charge in [0.15, 0.2) is 0 Å². The van der Waals surface area contributed by atoms with Crippen LogP contribution in [0, 0.1) is 13.8 Å². The minimum atomic E-state index is -3.61. The molecule has 0 N–H and O–H groups in total. The van der Waals surface area contributed by atoms with Gasteiger partial charge in [0.1, 0.15) is 8.42 Å². The highest BCUT2D eigenvalue weighted by atomic mass is 35.7. The van der Waals surface area contributed by atoms with E-state index in [1.165, 1.54) is 34.8 Å². The number of hydrogen-bond donors (Lipinski definition) is 0. The van der Waals surface area contributed by atoms with E-state index in [2.05, 4.69) is 0 Å². The summed E-state index contributed by atoms with van der Waals surface area (Å²) in [7, 11) is 3.33. The van der Waals surface area contributed by atoms with Gasteiger partial charge in [0.05, 0.1) is 0 Å². The van der Waals surface area contributed by atoms with E-state index in [0.29, 0.717) is 0 Å². The molecule has 4 rings (SSSR count). The maximum Gasteiger partial charge on any atom is 0.270 e. The zero-order valence-electron chi connectivity index (χ0n) is 17.0. The summed E-state index contributed by atoms with van der Waals surface area (Å²) in [6.07, 6.45) is 0. The van der Waals surface area contributed by atoms with Gasteiger partial charge in [0, 0.05) is 31.1 Å². The Balaban J connectivity index is 0.000000181. The van der Waals surface area contributed by atoms with Gasteiger partial charge in [0.2, 0.25) is 0 Å². The summed E-state index contributed by atoms with van der Waals surface area (Å²) >= 11 is 2.36. The summed E-state index contributed by atoms with van der Waals surface area (Å²) in [6.45, 7) is 3.99. The van der Waals surface area contributed by atoms with E-state index in [4.69, 9.17) is 21.4 Å². The Morgan fingerprint density at radius 1 is 0.594 bits per heavy atom. The minimum Gasteiger partial charge on any atom is -0.206 e. The largest absolute Gasteiger partial charge is 0.270 e. The molecule has 168 valence electrons. The van der Waals surface area contributed by atoms with Gasteiger partial charge in [-0.25, -0.2) is 16.8 Å². The molecule has 0 spiro atoms. The average Bonchev–Trinajstić information content (AvgIpc) is 3.38. The Kier molecular flexibility index (Phi) is 7.85. The van der Waals surface area contributed by atoms with E-state index in [1.807, 2.05) is 62.4 Å². The summed E-state index contributed by atoms with van der Waals surface area (Å²) in [4.78, 5) is 1.81. The number of aryl methyl sites for hydroxylation is 2. The van der Waals surface area contributed by atoms with E-state index in [1.54, 1.807) is 12.1 Å². The Hall–Kier alpha value is -1.68. The molecule has 0 radical (unpaired) electrons. The SMILES string of the molecule is Cc1cccc(-c2ccc(S(=O)(=O)Cl)s2)c1.Cc1cccc(-c2ccc(S(=O)(=O)Cl)s2)c1. The number of hydrogen-bond acceptors (Lipinski definition) is 6. The smallest absolute Gasteiger partial charge is 0.206 e. The zero-order chi connectivity index (χ0) is 23.5. The van der Waals surface area contributed by atoms with Gasteiger partial charge in [0.25, 0.3) is 18.1 Å². The van der Waals surface area contributed by atoms with E-state index < -0.39 is 18.1 Å². The van der Waals surface area contributed by atoms with Crippen molar-refractivity contribution < 1.29 is 16.8 Å². The maximum atomic E-state index is 11.1. The second-order valence-electron chi connectivity index (χ2n) is 6.85. The van der Waals surface area contributed by atoms with Crippen molar-refractivity contribution >= 4 is 62.1 Å². The third-order valence-corrected chi connectivity index (χ3v) is 10.7. The molecule has 0 aliphatic heterocycles. The van der Waals surface area contributed by atoms with Crippen LogP contribution in [0.25, 0.3) is 20.9 Å². The molecule has 0 atom stereocenters. The molecule has 0 aliphatic rings. The molecule has 4 nitrogen and oxygen atoms in total. The van der Waals surface area contributed by atoms with Crippen molar-refractivity contribution in [2.45, 2.75) is 22.3 Å². The summed E-state index contributed by atoms with van der Waals surface area (Å²) in [6, 6.07) is 22.4. The predicted molar refractivity (Wildman–Crippen MR) is 135 cm³/mol. The second kappa shape index (κ2) is 10.1. The predicted octanol–water partition coefficient (Wildman–Crippen LogP) is 7.30. The van der Waals surface area contributed by atoms with Crippen LogP contribution in [0.15, 0.2) is 81.2 Å². The molecule has 0 saturated carbocycles. The van der Waals surface area contributed by atoms with E-state index in [0.717, 1.165) is 32.0 Å². The quantitative estimate of drug-likeness (QED) is 0.252. The molecule has 2 heterocycles. The van der Waals surface area contributed by atoms with Crippen molar-refractivity contribution in [3.05, 3.63) is 83.9 Å². The van der Waals surface area contributed by atoms with Gasteiger partial charge in [-0.1, -0.05) is 59.7 Å². The zero-order valence-corrected chi connectivity index (χ0v) is 21.7. The van der Waals surface area contributed by atoms with Crippen molar-refractivity contribution in [2.75, 3.05) is 0 Å². The lowest BCUT2D eigenvalue weighted by Gasteiger charge is -1.98. The first-order valence-electron chi connectivity index (χ1n) is 9.16. The highest BCUT2D eigenvalue weighted by molar-refractivity contribution is 8.15. The highest BCUT2D eigenvalue weighted by Crippen LogP contribution is 2.33. The monoisotopic (exact) mass is 544 g/mol. The van der Waals surface area contributed by atoms with E-state index in [9.17, 15) is 16.8 Å². The van der Waals surface area contributed by atoms with Crippen LogP contribution in [0.3, 0.4) is 0 Å². The summed E-state index contributed by atoms with van der Waals surface area (Å²) in [5.41, 5.74) is 4.30. The second-order valence-corrected chi connectivity index (χ2v) is 14.6. The van der Waals surface area contributed by atoms with E-state index in [-0.39, 0.29) is 8.42 Å². The maximum absolute atomic E-state index is 11.1. The lowest BCUT2D eigenvalue weighted by atomic mass is 10.1. The van der Waals surface area contributed by atoms with Crippen LogP contribution < -0.4 is 0 Å². The molecule has 32 heavy (non-hydrogen) atoms. The Labute approximate surface area is 204 Å². The number of rotatable bonds is 4. The number of benzene rings is 2. The molecule has 0 saturated heterocycles. The van der Waals surface area contributed by atoms with Gasteiger partial charge in [-0.05, 0) is 49.2 Å². The molecular weight excluding hydrogens is 527 g/mol. The molecule has 2 aromatic carbocycles. The lowest BCUT2D eigenvalue weighted by Crippen LogP contribution is -1.83. The summed E-state index contributed by atoms with van der Waals surface area (Å²) in [5.74, 6) is 0. The molecule has 0 fully saturated rings. The molecule has 2 aromatic heterocycles. The first-order chi connectivity index (χ1) is 14.9. The standard InChI is InChI=1S/2C11H9ClO2S2/c2*1-8-3-2-4-9(7-8)10-5-6-11(15-10)16(12,13)14/h2*2-7H,1H3. The number of thiophene rings is 2. The van der Waals surface area contributed by atoms with E-state index >= 15 is 0 Å². The highest BCUT2D eigenvalue weighted by Gasteiger charge is 2.14. The fourth-order valence-corrected chi connectivity index (χ4v) is 6.95. The first kappa shape index (κ1) is 25.0. The number of halogens is 2. The van der Waals surface area contributed by atoms with Crippen LogP contribution >= 0.6 is 44.0 Å². The van der Waals surface area contributed by atoms with Gasteiger partial charge in [-0.15, -0.1) is 22.7 Å². The fraction of sp³-hybridized carbons (Fsp3) is 0.0909. The third kappa shape index (κ3) is 6.66. The first-order valence-corrected chi connectivity index (χ1v) is 15.4. The van der Waals surface area contributed by atoms with Gasteiger partial charge >= 0.3 is 0 Å². The van der Waals surface area contributed by atoms with Gasteiger partial charge in [-0.2, -0.15) is 0 Å². The van der Waals surface area contributed by atoms with Crippen molar-refractivity contribution in [3.8, 4) is 20.9 Å². The van der Waals surface area contributed by atoms with Crippen LogP contribution in [-0.4, -0.2) is 16.8 Å². The molecule has 0 unspecified atom stereocenters. The summed E-state index contributed by atoms with van der Waals surface area (Å²) < 4.78 is 44.9.